The van der Waals surface area contributed by atoms with Crippen LogP contribution in [0.15, 0.2) is 53.9 Å². The zero-order valence-electron chi connectivity index (χ0n) is 24.8. The van der Waals surface area contributed by atoms with Gasteiger partial charge in [-0.05, 0) is 86.2 Å². The fourth-order valence-electron chi connectivity index (χ4n) is 4.97. The van der Waals surface area contributed by atoms with Crippen LogP contribution in [-0.4, -0.2) is 42.0 Å². The van der Waals surface area contributed by atoms with Gasteiger partial charge in [0.25, 0.3) is 11.8 Å². The normalized spacial score (nSPS) is 12.3. The number of carbonyl (C=O) groups excluding carboxylic acids is 3. The molecule has 0 saturated heterocycles. The zero-order chi connectivity index (χ0) is 30.9. The van der Waals surface area contributed by atoms with Crippen LogP contribution in [0.3, 0.4) is 0 Å². The van der Waals surface area contributed by atoms with Crippen molar-refractivity contribution in [3.05, 3.63) is 87.6 Å². The largest absolute Gasteiger partial charge is 0.493 e. The maximum Gasteiger partial charge on any atom is 0.357 e. The first kappa shape index (κ1) is 29.9. The van der Waals surface area contributed by atoms with Gasteiger partial charge in [0, 0.05) is 51.3 Å². The maximum atomic E-state index is 14.0. The Labute approximate surface area is 254 Å². The number of pyridine rings is 1. The third-order valence-corrected chi connectivity index (χ3v) is 8.03. The van der Waals surface area contributed by atoms with Crippen LogP contribution in [0.25, 0.3) is 21.6 Å². The predicted molar refractivity (Wildman–Crippen MR) is 168 cm³/mol. The molecule has 222 valence electrons. The second-order valence-electron chi connectivity index (χ2n) is 11.4. The number of hydrogen-bond acceptors (Lipinski definition) is 8. The summed E-state index contributed by atoms with van der Waals surface area (Å²) >= 11 is 1.58. The van der Waals surface area contributed by atoms with Crippen molar-refractivity contribution in [2.24, 2.45) is 5.73 Å². The Kier molecular flexibility index (Phi) is 8.34. The first-order valence-electron chi connectivity index (χ1n) is 13.9. The lowest BCUT2D eigenvalue weighted by Gasteiger charge is -2.21. The van der Waals surface area contributed by atoms with Crippen molar-refractivity contribution in [1.82, 2.24) is 10.3 Å². The van der Waals surface area contributed by atoms with Crippen molar-refractivity contribution in [1.29, 1.82) is 0 Å². The minimum absolute atomic E-state index is 0.0509. The number of benzene rings is 2. The molecule has 0 saturated carbocycles. The molecule has 2 aromatic heterocycles. The van der Waals surface area contributed by atoms with Gasteiger partial charge in [-0.1, -0.05) is 12.1 Å². The molecule has 9 nitrogen and oxygen atoms in total. The molecule has 3 heterocycles. The number of nitrogens with two attached hydrogens (primary N) is 1. The van der Waals surface area contributed by atoms with Crippen LogP contribution < -0.4 is 21.1 Å². The summed E-state index contributed by atoms with van der Waals surface area (Å²) in [5.74, 6) is -0.971. The number of methoxy groups -OCH3 is 1. The van der Waals surface area contributed by atoms with Crippen molar-refractivity contribution in [2.75, 3.05) is 19.0 Å². The first-order valence-corrected chi connectivity index (χ1v) is 14.8. The number of nitrogens with zero attached hydrogens (tertiary/aromatic N) is 1. The molecule has 0 spiro atoms. The topological polar surface area (TPSA) is 133 Å². The lowest BCUT2D eigenvalue weighted by atomic mass is 9.93. The molecule has 0 unspecified atom stereocenters. The average Bonchev–Trinajstić information content (AvgIpc) is 3.37. The number of aryl methyl sites for hydroxylation is 1. The van der Waals surface area contributed by atoms with Crippen molar-refractivity contribution in [2.45, 2.75) is 46.2 Å². The minimum Gasteiger partial charge on any atom is -0.493 e. The van der Waals surface area contributed by atoms with E-state index in [-0.39, 0.29) is 17.3 Å². The van der Waals surface area contributed by atoms with Gasteiger partial charge in [-0.15, -0.1) is 11.3 Å². The number of hydrogen-bond donors (Lipinski definition) is 3. The van der Waals surface area contributed by atoms with Crippen molar-refractivity contribution < 1.29 is 23.9 Å². The fourth-order valence-corrected chi connectivity index (χ4v) is 5.95. The van der Waals surface area contributed by atoms with Gasteiger partial charge in [-0.3, -0.25) is 9.59 Å². The summed E-state index contributed by atoms with van der Waals surface area (Å²) in [4.78, 5) is 45.5. The molecular weight excluding hydrogens is 564 g/mol. The summed E-state index contributed by atoms with van der Waals surface area (Å²) in [6.45, 7) is 8.31. The second kappa shape index (κ2) is 12.0. The Hall–Kier alpha value is -4.54. The molecule has 5 rings (SSSR count). The average molecular weight is 599 g/mol. The van der Waals surface area contributed by atoms with E-state index in [2.05, 4.69) is 21.7 Å². The number of aromatic nitrogens is 1. The Balaban J connectivity index is 1.69. The summed E-state index contributed by atoms with van der Waals surface area (Å²) in [5, 5.41) is 7.91. The Morgan fingerprint density at radius 1 is 1.02 bits per heavy atom. The number of esters is 1. The van der Waals surface area contributed by atoms with Gasteiger partial charge in [0.05, 0.1) is 13.7 Å². The van der Waals surface area contributed by atoms with Crippen LogP contribution in [-0.2, 0) is 17.7 Å². The van der Waals surface area contributed by atoms with Gasteiger partial charge in [0.2, 0.25) is 0 Å². The molecule has 43 heavy (non-hydrogen) atoms. The highest BCUT2D eigenvalue weighted by molar-refractivity contribution is 7.13. The monoisotopic (exact) mass is 598 g/mol. The third-order valence-electron chi connectivity index (χ3n) is 7.04. The molecule has 4 aromatic rings. The SMILES string of the molecule is COC(=O)c1nc(C(=O)NC(C)(C)C)ccc1-c1cc2c(cc1C(=O)Nc1ccc(CN)cc1C)-c1sccc1CCO2. The van der Waals surface area contributed by atoms with E-state index < -0.39 is 17.4 Å². The highest BCUT2D eigenvalue weighted by atomic mass is 32.1. The minimum atomic E-state index is -0.739. The van der Waals surface area contributed by atoms with E-state index in [0.29, 0.717) is 41.3 Å². The Morgan fingerprint density at radius 3 is 2.51 bits per heavy atom. The first-order chi connectivity index (χ1) is 20.5. The number of ether oxygens (including phenoxy) is 2. The van der Waals surface area contributed by atoms with Crippen LogP contribution in [0.2, 0.25) is 0 Å². The lowest BCUT2D eigenvalue weighted by molar-refractivity contribution is 0.0594. The lowest BCUT2D eigenvalue weighted by Crippen LogP contribution is -2.41. The molecular formula is C33H34N4O5S. The molecule has 0 bridgehead atoms. The smallest absolute Gasteiger partial charge is 0.357 e. The summed E-state index contributed by atoms with van der Waals surface area (Å²) in [7, 11) is 1.25. The van der Waals surface area contributed by atoms with Gasteiger partial charge < -0.3 is 25.8 Å². The van der Waals surface area contributed by atoms with Crippen LogP contribution in [0.4, 0.5) is 5.69 Å². The number of carbonyl (C=O) groups is 3. The highest BCUT2D eigenvalue weighted by Gasteiger charge is 2.27. The van der Waals surface area contributed by atoms with E-state index in [9.17, 15) is 14.4 Å². The number of fused-ring (bicyclic) bond motifs is 3. The molecule has 10 heteroatoms. The number of nitrogens with one attached hydrogen (secondary N) is 2. The summed E-state index contributed by atoms with van der Waals surface area (Å²) in [6, 6.07) is 14.4. The molecule has 0 atom stereocenters. The van der Waals surface area contributed by atoms with Crippen molar-refractivity contribution in [3.8, 4) is 27.3 Å². The third kappa shape index (κ3) is 6.30. The molecule has 1 aliphatic heterocycles. The predicted octanol–water partition coefficient (Wildman–Crippen LogP) is 5.75. The standard InChI is InChI=1S/C33H34N4O5S/c1-18-14-19(17-34)6-8-25(18)36-30(38)23-15-24-27(42-12-10-20-11-13-43-29(20)24)16-22(23)21-7-9-26(31(39)37-33(2,3)4)35-28(21)32(40)41-5/h6-9,11,13-16H,10,12,17,34H2,1-5H3,(H,36,38)(H,37,39). The van der Waals surface area contributed by atoms with E-state index >= 15 is 0 Å². The van der Waals surface area contributed by atoms with Crippen LogP contribution in [0.5, 0.6) is 5.75 Å². The van der Waals surface area contributed by atoms with E-state index in [1.54, 1.807) is 29.5 Å². The molecule has 0 radical (unpaired) electrons. The number of thiophene rings is 1. The van der Waals surface area contributed by atoms with E-state index in [0.717, 1.165) is 33.6 Å². The van der Waals surface area contributed by atoms with Crippen molar-refractivity contribution >= 4 is 34.8 Å². The number of amides is 2. The summed E-state index contributed by atoms with van der Waals surface area (Å²) in [6.07, 6.45) is 0.726. The molecule has 2 amide bonds. The molecule has 2 aromatic carbocycles. The van der Waals surface area contributed by atoms with Crippen LogP contribution in [0, 0.1) is 6.92 Å². The van der Waals surface area contributed by atoms with Crippen LogP contribution in [0.1, 0.15) is 68.8 Å². The number of anilines is 1. The molecule has 0 aliphatic carbocycles. The molecule has 0 fully saturated rings. The van der Waals surface area contributed by atoms with Gasteiger partial charge in [-0.2, -0.15) is 0 Å². The maximum absolute atomic E-state index is 14.0. The van der Waals surface area contributed by atoms with Crippen molar-refractivity contribution in [3.63, 3.8) is 0 Å². The van der Waals surface area contributed by atoms with Gasteiger partial charge in [0.15, 0.2) is 5.69 Å². The summed E-state index contributed by atoms with van der Waals surface area (Å²) in [5.41, 5.74) is 10.7. The van der Waals surface area contributed by atoms with Crippen LogP contribution >= 0.6 is 11.3 Å². The second-order valence-corrected chi connectivity index (χ2v) is 12.3. The Morgan fingerprint density at radius 2 is 1.81 bits per heavy atom. The zero-order valence-corrected chi connectivity index (χ0v) is 25.6. The van der Waals surface area contributed by atoms with Gasteiger partial charge in [-0.25, -0.2) is 9.78 Å². The van der Waals surface area contributed by atoms with E-state index in [1.807, 2.05) is 51.3 Å². The van der Waals surface area contributed by atoms with Gasteiger partial charge in [0.1, 0.15) is 11.4 Å². The quantitative estimate of drug-likeness (QED) is 0.241. The van der Waals surface area contributed by atoms with Gasteiger partial charge >= 0.3 is 5.97 Å². The number of rotatable bonds is 6. The fraction of sp³-hybridized carbons (Fsp3) is 0.273. The van der Waals surface area contributed by atoms with E-state index in [4.69, 9.17) is 15.2 Å². The highest BCUT2D eigenvalue weighted by Crippen LogP contribution is 2.43. The van der Waals surface area contributed by atoms with E-state index in [1.165, 1.54) is 13.2 Å². The summed E-state index contributed by atoms with van der Waals surface area (Å²) < 4.78 is 11.2. The molecule has 4 N–H and O–H groups in total. The Bertz CT molecular complexity index is 1740. The molecule has 1 aliphatic rings.